The fourth-order valence-corrected chi connectivity index (χ4v) is 4.54. The van der Waals surface area contributed by atoms with Gasteiger partial charge in [-0.05, 0) is 55.7 Å². The van der Waals surface area contributed by atoms with Gasteiger partial charge in [-0.1, -0.05) is 31.5 Å². The van der Waals surface area contributed by atoms with Gasteiger partial charge in [-0.25, -0.2) is 18.0 Å². The highest BCUT2D eigenvalue weighted by Gasteiger charge is 2.27. The van der Waals surface area contributed by atoms with Gasteiger partial charge in [-0.3, -0.25) is 4.79 Å². The van der Waals surface area contributed by atoms with Crippen LogP contribution >= 0.6 is 0 Å². The molecule has 1 aromatic heterocycles. The molecule has 0 saturated heterocycles. The van der Waals surface area contributed by atoms with Crippen molar-refractivity contribution in [3.8, 4) is 0 Å². The molecule has 9 nitrogen and oxygen atoms in total. The van der Waals surface area contributed by atoms with Crippen LogP contribution in [0.4, 0.5) is 5.69 Å². The molecule has 2 aromatic carbocycles. The van der Waals surface area contributed by atoms with Crippen LogP contribution in [0.2, 0.25) is 0 Å². The zero-order valence-electron chi connectivity index (χ0n) is 19.2. The third kappa shape index (κ3) is 5.89. The van der Waals surface area contributed by atoms with Crippen molar-refractivity contribution >= 4 is 38.6 Å². The monoisotopic (exact) mass is 486 g/mol. The first kappa shape index (κ1) is 25.1. The van der Waals surface area contributed by atoms with Gasteiger partial charge in [0, 0.05) is 11.1 Å². The van der Waals surface area contributed by atoms with E-state index in [1.807, 2.05) is 20.8 Å². The van der Waals surface area contributed by atoms with Crippen LogP contribution < -0.4 is 15.7 Å². The molecule has 2 N–H and O–H groups in total. The number of hydrogen-bond acceptors (Lipinski definition) is 7. The van der Waals surface area contributed by atoms with Crippen LogP contribution in [0.3, 0.4) is 0 Å². The van der Waals surface area contributed by atoms with Gasteiger partial charge in [0.1, 0.15) is 17.2 Å². The Morgan fingerprint density at radius 3 is 2.35 bits per heavy atom. The lowest BCUT2D eigenvalue weighted by Crippen LogP contribution is -2.44. The number of carbonyl (C=O) groups excluding carboxylic acids is 2. The quantitative estimate of drug-likeness (QED) is 0.369. The third-order valence-electron chi connectivity index (χ3n) is 5.06. The molecule has 0 aliphatic rings. The standard InChI is InChI=1S/C24H26N2O7S/c1-14(2)11-20(26-34(30,31)18-8-5-15(3)6-9-18)22(27)25-17-7-10-21-16(12-17)13-19(23(28)32-4)24(29)33-21/h5-10,12-14,20,26H,11H2,1-4H3,(H,25,27)/t20-/m0/s1. The van der Waals surface area contributed by atoms with Crippen LogP contribution in [0.5, 0.6) is 0 Å². The number of benzene rings is 2. The van der Waals surface area contributed by atoms with Crippen LogP contribution in [-0.4, -0.2) is 33.4 Å². The molecule has 0 aliphatic carbocycles. The van der Waals surface area contributed by atoms with Gasteiger partial charge in [0.25, 0.3) is 0 Å². The number of amides is 1. The third-order valence-corrected chi connectivity index (χ3v) is 6.54. The van der Waals surface area contributed by atoms with E-state index in [1.54, 1.807) is 12.1 Å². The first-order chi connectivity index (χ1) is 16.0. The average Bonchev–Trinajstić information content (AvgIpc) is 2.77. The number of hydrogen-bond donors (Lipinski definition) is 2. The Kier molecular flexibility index (Phi) is 7.53. The summed E-state index contributed by atoms with van der Waals surface area (Å²) in [7, 11) is -2.78. The van der Waals surface area contributed by atoms with E-state index >= 15 is 0 Å². The first-order valence-electron chi connectivity index (χ1n) is 10.6. The molecule has 10 heteroatoms. The van der Waals surface area contributed by atoms with Crippen molar-refractivity contribution in [2.24, 2.45) is 5.92 Å². The Hall–Kier alpha value is -3.50. The highest BCUT2D eigenvalue weighted by molar-refractivity contribution is 7.89. The summed E-state index contributed by atoms with van der Waals surface area (Å²) < 4.78 is 37.9. The highest BCUT2D eigenvalue weighted by atomic mass is 32.2. The fourth-order valence-electron chi connectivity index (χ4n) is 3.34. The second kappa shape index (κ2) is 10.2. The van der Waals surface area contributed by atoms with Gasteiger partial charge in [-0.15, -0.1) is 0 Å². The number of anilines is 1. The fraction of sp³-hybridized carbons (Fsp3) is 0.292. The van der Waals surface area contributed by atoms with Crippen LogP contribution in [0.25, 0.3) is 11.0 Å². The van der Waals surface area contributed by atoms with E-state index in [2.05, 4.69) is 14.8 Å². The number of methoxy groups -OCH3 is 1. The van der Waals surface area contributed by atoms with Crippen molar-refractivity contribution in [3.63, 3.8) is 0 Å². The summed E-state index contributed by atoms with van der Waals surface area (Å²) in [6.45, 7) is 5.61. The number of aryl methyl sites for hydroxylation is 1. The lowest BCUT2D eigenvalue weighted by atomic mass is 10.0. The minimum absolute atomic E-state index is 0.0324. The predicted molar refractivity (Wildman–Crippen MR) is 127 cm³/mol. The van der Waals surface area contributed by atoms with Gasteiger partial charge in [0.15, 0.2) is 0 Å². The number of sulfonamides is 1. The van der Waals surface area contributed by atoms with Crippen molar-refractivity contribution in [2.45, 2.75) is 38.1 Å². The molecule has 0 bridgehead atoms. The normalized spacial score (nSPS) is 12.5. The van der Waals surface area contributed by atoms with Gasteiger partial charge in [0.05, 0.1) is 12.0 Å². The lowest BCUT2D eigenvalue weighted by molar-refractivity contribution is -0.118. The average molecular weight is 487 g/mol. The van der Waals surface area contributed by atoms with E-state index in [9.17, 15) is 22.8 Å². The Morgan fingerprint density at radius 2 is 1.74 bits per heavy atom. The summed E-state index contributed by atoms with van der Waals surface area (Å²) >= 11 is 0. The molecule has 1 atom stereocenters. The van der Waals surface area contributed by atoms with E-state index in [4.69, 9.17) is 4.42 Å². The number of ether oxygens (including phenoxy) is 1. The molecule has 3 aromatic rings. The number of nitrogens with one attached hydrogen (secondary N) is 2. The SMILES string of the molecule is COC(=O)c1cc2cc(NC(=O)[C@H](CC(C)C)NS(=O)(=O)c3ccc(C)cc3)ccc2oc1=O. The Balaban J connectivity index is 1.87. The van der Waals surface area contributed by atoms with Crippen LogP contribution in [0.15, 0.2) is 62.6 Å². The van der Waals surface area contributed by atoms with E-state index < -0.39 is 33.6 Å². The van der Waals surface area contributed by atoms with Crippen LogP contribution in [0, 0.1) is 12.8 Å². The molecule has 0 unspecified atom stereocenters. The topological polar surface area (TPSA) is 132 Å². The molecule has 1 amide bonds. The van der Waals surface area contributed by atoms with Crippen molar-refractivity contribution in [3.05, 3.63) is 70.1 Å². The number of esters is 1. The Morgan fingerprint density at radius 1 is 1.06 bits per heavy atom. The largest absolute Gasteiger partial charge is 0.465 e. The maximum absolute atomic E-state index is 13.0. The van der Waals surface area contributed by atoms with Crippen molar-refractivity contribution in [1.82, 2.24) is 4.72 Å². The molecule has 0 aliphatic heterocycles. The molecule has 180 valence electrons. The second-order valence-electron chi connectivity index (χ2n) is 8.30. The highest BCUT2D eigenvalue weighted by Crippen LogP contribution is 2.21. The maximum Gasteiger partial charge on any atom is 0.351 e. The Bertz CT molecular complexity index is 1380. The van der Waals surface area contributed by atoms with Gasteiger partial charge in [0.2, 0.25) is 15.9 Å². The molecule has 3 rings (SSSR count). The summed E-state index contributed by atoms with van der Waals surface area (Å²) in [5.74, 6) is -1.35. The van der Waals surface area contributed by atoms with E-state index in [0.29, 0.717) is 11.1 Å². The molecular weight excluding hydrogens is 460 g/mol. The minimum Gasteiger partial charge on any atom is -0.465 e. The van der Waals surface area contributed by atoms with Gasteiger partial charge >= 0.3 is 11.6 Å². The van der Waals surface area contributed by atoms with E-state index in [0.717, 1.165) is 12.7 Å². The predicted octanol–water partition coefficient (Wildman–Crippen LogP) is 3.22. The molecule has 0 saturated carbocycles. The number of rotatable bonds is 8. The zero-order chi connectivity index (χ0) is 25.0. The number of fused-ring (bicyclic) bond motifs is 1. The first-order valence-corrected chi connectivity index (χ1v) is 12.0. The van der Waals surface area contributed by atoms with Crippen LogP contribution in [-0.2, 0) is 19.6 Å². The van der Waals surface area contributed by atoms with Crippen molar-refractivity contribution < 1.29 is 27.2 Å². The van der Waals surface area contributed by atoms with Gasteiger partial charge < -0.3 is 14.5 Å². The maximum atomic E-state index is 13.0. The molecule has 0 fully saturated rings. The summed E-state index contributed by atoms with van der Waals surface area (Å²) in [6, 6.07) is 11.1. The lowest BCUT2D eigenvalue weighted by Gasteiger charge is -2.20. The van der Waals surface area contributed by atoms with Crippen LogP contribution in [0.1, 0.15) is 36.2 Å². The minimum atomic E-state index is -3.93. The van der Waals surface area contributed by atoms with E-state index in [-0.39, 0.29) is 28.4 Å². The second-order valence-corrected chi connectivity index (χ2v) is 10.0. The van der Waals surface area contributed by atoms with Crippen molar-refractivity contribution in [1.29, 1.82) is 0 Å². The molecule has 1 heterocycles. The molecule has 34 heavy (non-hydrogen) atoms. The molecule has 0 radical (unpaired) electrons. The summed E-state index contributed by atoms with van der Waals surface area (Å²) in [5, 5.41) is 3.09. The zero-order valence-corrected chi connectivity index (χ0v) is 20.1. The summed E-state index contributed by atoms with van der Waals surface area (Å²) in [5.41, 5.74) is 0.360. The molecular formula is C24H26N2O7S. The van der Waals surface area contributed by atoms with E-state index in [1.165, 1.54) is 36.4 Å². The Labute approximate surface area is 197 Å². The van der Waals surface area contributed by atoms with Gasteiger partial charge in [-0.2, -0.15) is 4.72 Å². The van der Waals surface area contributed by atoms with Crippen molar-refractivity contribution in [2.75, 3.05) is 12.4 Å². The number of carbonyl (C=O) groups is 2. The summed E-state index contributed by atoms with van der Waals surface area (Å²) in [4.78, 5) is 36.8. The smallest absolute Gasteiger partial charge is 0.351 e. The summed E-state index contributed by atoms with van der Waals surface area (Å²) in [6.07, 6.45) is 0.270. The molecule has 0 spiro atoms.